The zero-order chi connectivity index (χ0) is 17.3. The van der Waals surface area contributed by atoms with Crippen LogP contribution in [0.15, 0.2) is 53.3 Å². The summed E-state index contributed by atoms with van der Waals surface area (Å²) in [7, 11) is 0. The summed E-state index contributed by atoms with van der Waals surface area (Å²) >= 11 is 0. The molecular formula is C20H24O4. The highest BCUT2D eigenvalue weighted by Crippen LogP contribution is 2.38. The van der Waals surface area contributed by atoms with E-state index in [0.717, 1.165) is 29.6 Å². The van der Waals surface area contributed by atoms with Crippen LogP contribution in [0, 0.1) is 0 Å². The third kappa shape index (κ3) is 3.34. The minimum atomic E-state index is -1.27. The van der Waals surface area contributed by atoms with Crippen molar-refractivity contribution in [1.82, 2.24) is 0 Å². The third-order valence-corrected chi connectivity index (χ3v) is 4.69. The highest BCUT2D eigenvalue weighted by atomic mass is 16.5. The second kappa shape index (κ2) is 6.36. The summed E-state index contributed by atoms with van der Waals surface area (Å²) in [6, 6.07) is 5.18. The van der Waals surface area contributed by atoms with Gasteiger partial charge in [0.15, 0.2) is 0 Å². The Kier molecular flexibility index (Phi) is 4.41. The van der Waals surface area contributed by atoms with Crippen LogP contribution in [-0.2, 0) is 6.42 Å². The Balaban J connectivity index is 1.80. The molecule has 2 atom stereocenters. The fourth-order valence-corrected chi connectivity index (χ4v) is 3.22. The fourth-order valence-electron chi connectivity index (χ4n) is 3.22. The first-order valence-corrected chi connectivity index (χ1v) is 8.32. The molecule has 0 saturated heterocycles. The van der Waals surface area contributed by atoms with Crippen molar-refractivity contribution in [3.05, 3.63) is 58.9 Å². The zero-order valence-electron chi connectivity index (χ0n) is 14.1. The second-order valence-electron chi connectivity index (χ2n) is 6.92. The van der Waals surface area contributed by atoms with Gasteiger partial charge in [0.2, 0.25) is 0 Å². The molecule has 1 aromatic rings. The Morgan fingerprint density at radius 3 is 2.83 bits per heavy atom. The number of aliphatic hydroxyl groups is 2. The lowest BCUT2D eigenvalue weighted by molar-refractivity contribution is 0.0301. The number of aryl methyl sites for hydroxylation is 1. The number of hydrogen-bond acceptors (Lipinski definition) is 4. The first-order valence-electron chi connectivity index (χ1n) is 8.32. The van der Waals surface area contributed by atoms with E-state index in [1.165, 1.54) is 0 Å². The smallest absolute Gasteiger partial charge is 0.128 e. The average Bonchev–Trinajstić information content (AvgIpc) is 2.55. The number of hydrogen-bond donors (Lipinski definition) is 3. The molecule has 0 aromatic heterocycles. The monoisotopic (exact) mass is 328 g/mol. The zero-order valence-corrected chi connectivity index (χ0v) is 14.1. The number of allylic oxidation sites excluding steroid dienone is 3. The summed E-state index contributed by atoms with van der Waals surface area (Å²) in [5.41, 5.74) is 1.87. The number of benzene rings is 1. The Hall–Kier alpha value is -2.20. The summed E-state index contributed by atoms with van der Waals surface area (Å²) in [5.74, 6) is 0.876. The van der Waals surface area contributed by atoms with Gasteiger partial charge in [0.25, 0.3) is 0 Å². The molecule has 0 bridgehead atoms. The van der Waals surface area contributed by atoms with Crippen LogP contribution in [0.25, 0.3) is 0 Å². The highest BCUT2D eigenvalue weighted by Gasteiger charge is 2.37. The predicted octanol–water partition coefficient (Wildman–Crippen LogP) is 3.95. The van der Waals surface area contributed by atoms with Crippen LogP contribution in [0.2, 0.25) is 0 Å². The van der Waals surface area contributed by atoms with Crippen molar-refractivity contribution in [3.8, 4) is 11.5 Å². The molecule has 128 valence electrons. The van der Waals surface area contributed by atoms with E-state index in [1.807, 2.05) is 32.1 Å². The van der Waals surface area contributed by atoms with Crippen molar-refractivity contribution in [2.75, 3.05) is 0 Å². The van der Waals surface area contributed by atoms with Crippen LogP contribution < -0.4 is 4.74 Å². The van der Waals surface area contributed by atoms with E-state index in [-0.39, 0.29) is 17.6 Å². The fraction of sp³-hybridized carbons (Fsp3) is 0.400. The van der Waals surface area contributed by atoms with Crippen LogP contribution in [0.3, 0.4) is 0 Å². The number of aliphatic hydroxyl groups excluding tert-OH is 1. The molecule has 0 spiro atoms. The van der Waals surface area contributed by atoms with Gasteiger partial charge in [-0.05, 0) is 50.0 Å². The maximum Gasteiger partial charge on any atom is 0.128 e. The van der Waals surface area contributed by atoms with Crippen molar-refractivity contribution in [2.24, 2.45) is 0 Å². The molecule has 1 aliphatic heterocycles. The molecule has 1 aromatic carbocycles. The van der Waals surface area contributed by atoms with E-state index < -0.39 is 5.60 Å². The van der Waals surface area contributed by atoms with Gasteiger partial charge in [-0.2, -0.15) is 0 Å². The number of fused-ring (bicyclic) bond motifs is 1. The lowest BCUT2D eigenvalue weighted by Crippen LogP contribution is -2.37. The molecule has 0 saturated carbocycles. The van der Waals surface area contributed by atoms with Gasteiger partial charge in [-0.3, -0.25) is 0 Å². The van der Waals surface area contributed by atoms with Gasteiger partial charge in [0.05, 0.1) is 0 Å². The molecule has 3 N–H and O–H groups in total. The second-order valence-corrected chi connectivity index (χ2v) is 6.92. The van der Waals surface area contributed by atoms with Gasteiger partial charge in [0.1, 0.15) is 29.0 Å². The Bertz CT molecular complexity index is 725. The maximum atomic E-state index is 10.8. The summed E-state index contributed by atoms with van der Waals surface area (Å²) in [5, 5.41) is 30.6. The van der Waals surface area contributed by atoms with Crippen molar-refractivity contribution in [1.29, 1.82) is 0 Å². The Morgan fingerprint density at radius 1 is 1.29 bits per heavy atom. The van der Waals surface area contributed by atoms with Crippen LogP contribution in [0.1, 0.15) is 38.7 Å². The van der Waals surface area contributed by atoms with E-state index in [2.05, 4.69) is 0 Å². The molecule has 2 unspecified atom stereocenters. The van der Waals surface area contributed by atoms with Gasteiger partial charge in [-0.25, -0.2) is 0 Å². The molecule has 3 rings (SSSR count). The van der Waals surface area contributed by atoms with Crippen LogP contribution in [-0.4, -0.2) is 27.0 Å². The molecule has 4 nitrogen and oxygen atoms in total. The molecule has 4 heteroatoms. The van der Waals surface area contributed by atoms with Crippen molar-refractivity contribution >= 4 is 0 Å². The quantitative estimate of drug-likeness (QED) is 0.735. The van der Waals surface area contributed by atoms with Crippen molar-refractivity contribution < 1.29 is 20.1 Å². The van der Waals surface area contributed by atoms with Crippen molar-refractivity contribution in [2.45, 2.75) is 51.2 Å². The topological polar surface area (TPSA) is 69.9 Å². The first-order chi connectivity index (χ1) is 11.4. The van der Waals surface area contributed by atoms with E-state index in [0.29, 0.717) is 18.6 Å². The van der Waals surface area contributed by atoms with E-state index in [9.17, 15) is 15.3 Å². The molecule has 0 radical (unpaired) electrons. The average molecular weight is 328 g/mol. The van der Waals surface area contributed by atoms with Crippen LogP contribution >= 0.6 is 0 Å². The van der Waals surface area contributed by atoms with Gasteiger partial charge >= 0.3 is 0 Å². The molecular weight excluding hydrogens is 304 g/mol. The minimum absolute atomic E-state index is 0.00222. The van der Waals surface area contributed by atoms with Crippen LogP contribution in [0.4, 0.5) is 0 Å². The van der Waals surface area contributed by atoms with Gasteiger partial charge in [0, 0.05) is 18.9 Å². The normalized spacial score (nSPS) is 25.9. The summed E-state index contributed by atoms with van der Waals surface area (Å²) in [6.07, 6.45) is 7.58. The van der Waals surface area contributed by atoms with Gasteiger partial charge in [-0.1, -0.05) is 23.8 Å². The van der Waals surface area contributed by atoms with Crippen LogP contribution in [0.5, 0.6) is 11.5 Å². The Morgan fingerprint density at radius 2 is 2.08 bits per heavy atom. The maximum absolute atomic E-state index is 10.8. The molecule has 2 aliphatic rings. The van der Waals surface area contributed by atoms with E-state index in [4.69, 9.17) is 4.74 Å². The number of rotatable bonds is 3. The summed E-state index contributed by atoms with van der Waals surface area (Å²) in [4.78, 5) is 0. The lowest BCUT2D eigenvalue weighted by Gasteiger charge is -2.35. The van der Waals surface area contributed by atoms with E-state index in [1.54, 1.807) is 18.2 Å². The van der Waals surface area contributed by atoms with Crippen molar-refractivity contribution in [3.63, 3.8) is 0 Å². The molecule has 1 aliphatic carbocycles. The van der Waals surface area contributed by atoms with Gasteiger partial charge in [-0.15, -0.1) is 0 Å². The predicted molar refractivity (Wildman–Crippen MR) is 93.3 cm³/mol. The standard InChI is InChI=1S/C20H24O4/c1-13(2)9-10-20(23)12-15(5-8-19(20)22)17-7-4-14-3-6-16(21)11-18(14)24-17/h3,5-6,8-9,11,17,21-23H,4,7,10,12H2,1-2H3. The molecule has 1 heterocycles. The first kappa shape index (κ1) is 16.7. The number of phenols is 1. The highest BCUT2D eigenvalue weighted by molar-refractivity contribution is 5.43. The minimum Gasteiger partial charge on any atom is -0.509 e. The lowest BCUT2D eigenvalue weighted by atomic mass is 9.81. The summed E-state index contributed by atoms with van der Waals surface area (Å²) in [6.45, 7) is 3.94. The number of ether oxygens (including phenoxy) is 1. The SMILES string of the molecule is CC(C)=CCC1(O)CC(C2CCc3ccc(O)cc3O2)=CC=C1O. The molecule has 24 heavy (non-hydrogen) atoms. The molecule has 0 amide bonds. The Labute approximate surface area is 142 Å². The number of phenolic OH excluding ortho intramolecular Hbond substituents is 1. The largest absolute Gasteiger partial charge is 0.509 e. The van der Waals surface area contributed by atoms with E-state index >= 15 is 0 Å². The summed E-state index contributed by atoms with van der Waals surface area (Å²) < 4.78 is 6.04. The van der Waals surface area contributed by atoms with Gasteiger partial charge < -0.3 is 20.1 Å². The third-order valence-electron chi connectivity index (χ3n) is 4.69. The number of aromatic hydroxyl groups is 1. The molecule has 0 fully saturated rings.